The average molecular weight is 433 g/mol. The van der Waals surface area contributed by atoms with Crippen LogP contribution in [-0.4, -0.2) is 71.5 Å². The molecule has 2 aromatic heterocycles. The van der Waals surface area contributed by atoms with E-state index >= 15 is 0 Å². The van der Waals surface area contributed by atoms with Gasteiger partial charge in [-0.15, -0.1) is 10.2 Å². The number of nitrogens with zero attached hydrogens (tertiary/aromatic N) is 5. The van der Waals surface area contributed by atoms with Crippen molar-refractivity contribution in [1.29, 1.82) is 0 Å². The minimum absolute atomic E-state index is 0.171. The second-order valence-electron chi connectivity index (χ2n) is 6.56. The van der Waals surface area contributed by atoms with E-state index in [9.17, 15) is 21.6 Å². The molecule has 0 aromatic carbocycles. The Kier molecular flexibility index (Phi) is 6.27. The highest BCUT2D eigenvalue weighted by Gasteiger charge is 2.50. The highest BCUT2D eigenvalue weighted by atomic mass is 32.2. The molecule has 0 atom stereocenters. The Balaban J connectivity index is 1.48. The molecule has 1 fully saturated rings. The van der Waals surface area contributed by atoms with E-state index in [1.807, 2.05) is 28.8 Å². The van der Waals surface area contributed by atoms with Crippen LogP contribution in [0.4, 0.5) is 13.2 Å². The predicted molar refractivity (Wildman–Crippen MR) is 101 cm³/mol. The molecule has 160 valence electrons. The molecule has 0 unspecified atom stereocenters. The molecule has 1 aliphatic heterocycles. The summed E-state index contributed by atoms with van der Waals surface area (Å²) in [4.78, 5) is 4.11. The van der Waals surface area contributed by atoms with Crippen LogP contribution in [0.3, 0.4) is 0 Å². The number of hydrogen-bond acceptors (Lipinski definition) is 5. The highest BCUT2D eigenvalue weighted by molar-refractivity contribution is 7.90. The van der Waals surface area contributed by atoms with Crippen molar-refractivity contribution in [3.8, 4) is 0 Å². The molecule has 0 bridgehead atoms. The Morgan fingerprint density at radius 1 is 1.28 bits per heavy atom. The number of halogens is 3. The number of alkyl halides is 3. The first kappa shape index (κ1) is 21.3. The van der Waals surface area contributed by atoms with Gasteiger partial charge < -0.3 is 10.6 Å². The maximum Gasteiger partial charge on any atom is 0.511 e. The lowest BCUT2D eigenvalue weighted by atomic mass is 10.1. The lowest BCUT2D eigenvalue weighted by Crippen LogP contribution is -2.51. The Morgan fingerprint density at radius 2 is 2.00 bits per heavy atom. The van der Waals surface area contributed by atoms with E-state index in [1.165, 1.54) is 0 Å². The second kappa shape index (κ2) is 8.53. The molecule has 9 nitrogen and oxygen atoms in total. The number of hydrogen-bond donors (Lipinski definition) is 2. The van der Waals surface area contributed by atoms with Crippen LogP contribution in [0.5, 0.6) is 0 Å². The first-order valence-electron chi connectivity index (χ1n) is 9.04. The van der Waals surface area contributed by atoms with Crippen LogP contribution in [0.2, 0.25) is 0 Å². The summed E-state index contributed by atoms with van der Waals surface area (Å²) >= 11 is 0. The van der Waals surface area contributed by atoms with E-state index < -0.39 is 15.5 Å². The number of pyridine rings is 1. The van der Waals surface area contributed by atoms with Crippen molar-refractivity contribution in [2.75, 3.05) is 26.7 Å². The van der Waals surface area contributed by atoms with Gasteiger partial charge in [0.15, 0.2) is 11.6 Å². The molecule has 0 amide bonds. The zero-order chi connectivity index (χ0) is 21.1. The minimum atomic E-state index is -5.27. The van der Waals surface area contributed by atoms with Gasteiger partial charge in [-0.25, -0.2) is 8.42 Å². The molecule has 2 aromatic rings. The maximum absolute atomic E-state index is 12.6. The summed E-state index contributed by atoms with van der Waals surface area (Å²) in [5, 5.41) is 14.5. The van der Waals surface area contributed by atoms with Gasteiger partial charge in [0.2, 0.25) is 0 Å². The SMILES string of the molecule is CN=C(NCCc1nnc2ccccn12)NC1CCN(S(=O)(=O)C(F)(F)F)CC1. The minimum Gasteiger partial charge on any atom is -0.356 e. The highest BCUT2D eigenvalue weighted by Crippen LogP contribution is 2.28. The van der Waals surface area contributed by atoms with Crippen LogP contribution < -0.4 is 10.6 Å². The Labute approximate surface area is 166 Å². The van der Waals surface area contributed by atoms with Crippen molar-refractivity contribution >= 4 is 21.6 Å². The predicted octanol–water partition coefficient (Wildman–Crippen LogP) is 0.751. The van der Waals surface area contributed by atoms with Gasteiger partial charge in [0, 0.05) is 45.3 Å². The fourth-order valence-corrected chi connectivity index (χ4v) is 4.11. The van der Waals surface area contributed by atoms with Gasteiger partial charge in [0.05, 0.1) is 0 Å². The number of fused-ring (bicyclic) bond motifs is 1. The summed E-state index contributed by atoms with van der Waals surface area (Å²) in [7, 11) is -3.68. The molecule has 0 aliphatic carbocycles. The van der Waals surface area contributed by atoms with Crippen LogP contribution in [0, 0.1) is 0 Å². The third-order valence-electron chi connectivity index (χ3n) is 4.68. The summed E-state index contributed by atoms with van der Waals surface area (Å²) in [6.45, 7) is 0.140. The van der Waals surface area contributed by atoms with Crippen molar-refractivity contribution in [2.45, 2.75) is 30.8 Å². The summed E-state index contributed by atoms with van der Waals surface area (Å²) in [5.74, 6) is 1.28. The van der Waals surface area contributed by atoms with E-state index in [1.54, 1.807) is 7.05 Å². The van der Waals surface area contributed by atoms with Crippen molar-refractivity contribution in [1.82, 2.24) is 29.5 Å². The van der Waals surface area contributed by atoms with Crippen LogP contribution in [0.15, 0.2) is 29.4 Å². The first-order valence-corrected chi connectivity index (χ1v) is 10.5. The summed E-state index contributed by atoms with van der Waals surface area (Å²) in [5.41, 5.74) is -4.51. The van der Waals surface area contributed by atoms with Gasteiger partial charge in [0.25, 0.3) is 0 Å². The van der Waals surface area contributed by atoms with Crippen molar-refractivity contribution in [3.05, 3.63) is 30.2 Å². The van der Waals surface area contributed by atoms with E-state index in [0.29, 0.717) is 23.2 Å². The van der Waals surface area contributed by atoms with E-state index in [0.717, 1.165) is 11.5 Å². The Morgan fingerprint density at radius 3 is 2.66 bits per heavy atom. The molecule has 13 heteroatoms. The number of rotatable bonds is 5. The smallest absolute Gasteiger partial charge is 0.356 e. The standard InChI is InChI=1S/C16H22F3N7O2S/c1-20-15(21-8-5-14-24-23-13-4-2-3-9-26(13)14)22-12-6-10-25(11-7-12)29(27,28)16(17,18)19/h2-4,9,12H,5-8,10-11H2,1H3,(H2,20,21,22). The largest absolute Gasteiger partial charge is 0.511 e. The molecule has 0 radical (unpaired) electrons. The quantitative estimate of drug-likeness (QED) is 0.533. The Bertz CT molecular complexity index is 966. The lowest BCUT2D eigenvalue weighted by Gasteiger charge is -2.32. The van der Waals surface area contributed by atoms with Gasteiger partial charge in [-0.1, -0.05) is 6.07 Å². The molecule has 3 rings (SSSR count). The van der Waals surface area contributed by atoms with Crippen molar-refractivity contribution in [3.63, 3.8) is 0 Å². The molecule has 3 heterocycles. The molecular weight excluding hydrogens is 411 g/mol. The summed E-state index contributed by atoms with van der Waals surface area (Å²) in [6, 6.07) is 5.45. The average Bonchev–Trinajstić information content (AvgIpc) is 3.10. The number of aliphatic imine (C=N–C) groups is 1. The molecule has 0 spiro atoms. The summed E-state index contributed by atoms with van der Waals surface area (Å²) in [6.07, 6.45) is 2.98. The van der Waals surface area contributed by atoms with E-state index in [-0.39, 0.29) is 32.0 Å². The van der Waals surface area contributed by atoms with E-state index in [4.69, 9.17) is 0 Å². The second-order valence-corrected chi connectivity index (χ2v) is 8.49. The third kappa shape index (κ3) is 4.78. The molecule has 0 saturated carbocycles. The molecule has 29 heavy (non-hydrogen) atoms. The van der Waals surface area contributed by atoms with Gasteiger partial charge in [0.1, 0.15) is 5.82 Å². The maximum atomic E-state index is 12.6. The Hall–Kier alpha value is -2.41. The zero-order valence-electron chi connectivity index (χ0n) is 15.7. The number of sulfonamides is 1. The molecule has 2 N–H and O–H groups in total. The van der Waals surface area contributed by atoms with Gasteiger partial charge in [-0.2, -0.15) is 17.5 Å². The van der Waals surface area contributed by atoms with Crippen LogP contribution in [0.1, 0.15) is 18.7 Å². The van der Waals surface area contributed by atoms with Crippen LogP contribution in [0.25, 0.3) is 5.65 Å². The first-order chi connectivity index (χ1) is 13.7. The topological polar surface area (TPSA) is 104 Å². The van der Waals surface area contributed by atoms with Crippen LogP contribution >= 0.6 is 0 Å². The zero-order valence-corrected chi connectivity index (χ0v) is 16.5. The normalized spacial score (nSPS) is 17.6. The van der Waals surface area contributed by atoms with Crippen molar-refractivity contribution < 1.29 is 21.6 Å². The van der Waals surface area contributed by atoms with Crippen LogP contribution in [-0.2, 0) is 16.4 Å². The fraction of sp³-hybridized carbons (Fsp3) is 0.562. The molecular formula is C16H22F3N7O2S. The lowest BCUT2D eigenvalue weighted by molar-refractivity contribution is -0.0494. The number of guanidine groups is 1. The van der Waals surface area contributed by atoms with Gasteiger partial charge in [-0.05, 0) is 25.0 Å². The van der Waals surface area contributed by atoms with Gasteiger partial charge >= 0.3 is 15.5 Å². The van der Waals surface area contributed by atoms with Crippen molar-refractivity contribution in [2.24, 2.45) is 4.99 Å². The molecule has 1 aliphatic rings. The summed E-state index contributed by atoms with van der Waals surface area (Å²) < 4.78 is 63.3. The fourth-order valence-electron chi connectivity index (χ4n) is 3.13. The number of nitrogens with one attached hydrogen (secondary N) is 2. The number of piperidine rings is 1. The third-order valence-corrected chi connectivity index (χ3v) is 6.31. The molecule has 1 saturated heterocycles. The number of aromatic nitrogens is 3. The van der Waals surface area contributed by atoms with E-state index in [2.05, 4.69) is 25.8 Å². The van der Waals surface area contributed by atoms with Gasteiger partial charge in [-0.3, -0.25) is 9.39 Å². The monoisotopic (exact) mass is 433 g/mol.